The second-order valence-electron chi connectivity index (χ2n) is 4.60. The predicted octanol–water partition coefficient (Wildman–Crippen LogP) is 2.67. The summed E-state index contributed by atoms with van der Waals surface area (Å²) >= 11 is 3.43. The number of benzene rings is 1. The molecule has 114 valence electrons. The van der Waals surface area contributed by atoms with E-state index in [0.29, 0.717) is 29.6 Å². The average molecular weight is 356 g/mol. The van der Waals surface area contributed by atoms with Gasteiger partial charge in [-0.2, -0.15) is 4.98 Å². The second kappa shape index (κ2) is 6.91. The van der Waals surface area contributed by atoms with E-state index in [2.05, 4.69) is 38.3 Å². The van der Waals surface area contributed by atoms with Crippen LogP contribution >= 0.6 is 15.9 Å². The summed E-state index contributed by atoms with van der Waals surface area (Å²) in [6.07, 6.45) is 0.699. The van der Waals surface area contributed by atoms with Crippen molar-refractivity contribution in [2.75, 3.05) is 21.3 Å². The monoisotopic (exact) mass is 355 g/mol. The molecule has 0 bridgehead atoms. The normalized spacial score (nSPS) is 12.2. The lowest BCUT2D eigenvalue weighted by Gasteiger charge is -2.09. The fourth-order valence-corrected chi connectivity index (χ4v) is 2.38. The summed E-state index contributed by atoms with van der Waals surface area (Å²) in [6.45, 7) is 2.06. The first-order valence-electron chi connectivity index (χ1n) is 6.50. The zero-order chi connectivity index (χ0) is 15.4. The molecule has 0 saturated heterocycles. The Balaban J connectivity index is 2.33. The molecule has 0 fully saturated rings. The molecule has 0 aliphatic rings. The van der Waals surface area contributed by atoms with Crippen LogP contribution in [-0.2, 0) is 6.42 Å². The molecule has 0 aliphatic heterocycles. The molecule has 1 heterocycles. The van der Waals surface area contributed by atoms with Crippen molar-refractivity contribution >= 4 is 15.9 Å². The first kappa shape index (κ1) is 15.8. The van der Waals surface area contributed by atoms with E-state index in [1.807, 2.05) is 19.2 Å². The number of rotatable bonds is 6. The zero-order valence-corrected chi connectivity index (χ0v) is 14.0. The van der Waals surface area contributed by atoms with Gasteiger partial charge >= 0.3 is 0 Å². The molecule has 21 heavy (non-hydrogen) atoms. The summed E-state index contributed by atoms with van der Waals surface area (Å²) in [6, 6.07) is 3.93. The highest BCUT2D eigenvalue weighted by molar-refractivity contribution is 9.10. The van der Waals surface area contributed by atoms with Crippen molar-refractivity contribution in [3.05, 3.63) is 22.4 Å². The molecule has 1 unspecified atom stereocenters. The van der Waals surface area contributed by atoms with Gasteiger partial charge in [-0.1, -0.05) is 5.16 Å². The Bertz CT molecular complexity index is 590. The van der Waals surface area contributed by atoms with Gasteiger partial charge in [-0.3, -0.25) is 0 Å². The number of hydrogen-bond donors (Lipinski definition) is 1. The Kier molecular flexibility index (Phi) is 5.19. The van der Waals surface area contributed by atoms with E-state index < -0.39 is 0 Å². The molecule has 2 rings (SSSR count). The van der Waals surface area contributed by atoms with Crippen LogP contribution < -0.4 is 14.8 Å². The van der Waals surface area contributed by atoms with Gasteiger partial charge in [0.25, 0.3) is 5.89 Å². The Labute approximate surface area is 132 Å². The van der Waals surface area contributed by atoms with Gasteiger partial charge in [0, 0.05) is 18.0 Å². The number of methoxy groups -OCH3 is 2. The SMILES string of the molecule is CNC(C)Cc1noc(-c2cc(OC)c(Br)c(OC)c2)n1. The molecule has 0 aliphatic carbocycles. The Morgan fingerprint density at radius 2 is 1.90 bits per heavy atom. The molecule has 0 amide bonds. The summed E-state index contributed by atoms with van der Waals surface area (Å²) in [7, 11) is 5.09. The summed E-state index contributed by atoms with van der Waals surface area (Å²) in [5.74, 6) is 2.39. The van der Waals surface area contributed by atoms with E-state index >= 15 is 0 Å². The number of aromatic nitrogens is 2. The van der Waals surface area contributed by atoms with Crippen molar-refractivity contribution in [2.45, 2.75) is 19.4 Å². The van der Waals surface area contributed by atoms with E-state index in [-0.39, 0.29) is 6.04 Å². The summed E-state index contributed by atoms with van der Waals surface area (Å²) in [4.78, 5) is 4.40. The van der Waals surface area contributed by atoms with Gasteiger partial charge in [-0.15, -0.1) is 0 Å². The van der Waals surface area contributed by atoms with E-state index in [1.165, 1.54) is 0 Å². The van der Waals surface area contributed by atoms with Crippen LogP contribution in [0.4, 0.5) is 0 Å². The molecule has 1 aromatic carbocycles. The summed E-state index contributed by atoms with van der Waals surface area (Å²) < 4.78 is 16.7. The molecule has 2 aromatic rings. The van der Waals surface area contributed by atoms with Crippen LogP contribution in [0.2, 0.25) is 0 Å². The fraction of sp³-hybridized carbons (Fsp3) is 0.429. The van der Waals surface area contributed by atoms with Crippen LogP contribution in [0.3, 0.4) is 0 Å². The third-order valence-corrected chi connectivity index (χ3v) is 3.92. The molecule has 7 heteroatoms. The lowest BCUT2D eigenvalue weighted by Crippen LogP contribution is -2.24. The quantitative estimate of drug-likeness (QED) is 0.858. The molecule has 1 atom stereocenters. The van der Waals surface area contributed by atoms with Gasteiger partial charge in [0.05, 0.1) is 14.2 Å². The van der Waals surface area contributed by atoms with Crippen molar-refractivity contribution in [3.8, 4) is 23.0 Å². The lowest BCUT2D eigenvalue weighted by atomic mass is 10.2. The van der Waals surface area contributed by atoms with Crippen molar-refractivity contribution in [3.63, 3.8) is 0 Å². The molecular formula is C14H18BrN3O3. The molecule has 1 N–H and O–H groups in total. The van der Waals surface area contributed by atoms with Crippen molar-refractivity contribution in [1.29, 1.82) is 0 Å². The van der Waals surface area contributed by atoms with E-state index in [1.54, 1.807) is 14.2 Å². The second-order valence-corrected chi connectivity index (χ2v) is 5.40. The largest absolute Gasteiger partial charge is 0.495 e. The minimum Gasteiger partial charge on any atom is -0.495 e. The highest BCUT2D eigenvalue weighted by atomic mass is 79.9. The zero-order valence-electron chi connectivity index (χ0n) is 12.4. The number of ether oxygens (including phenoxy) is 2. The topological polar surface area (TPSA) is 69.4 Å². The Morgan fingerprint density at radius 3 is 2.43 bits per heavy atom. The van der Waals surface area contributed by atoms with Crippen LogP contribution in [0, 0.1) is 0 Å². The van der Waals surface area contributed by atoms with E-state index in [9.17, 15) is 0 Å². The Morgan fingerprint density at radius 1 is 1.29 bits per heavy atom. The molecule has 0 saturated carbocycles. The number of nitrogens with one attached hydrogen (secondary N) is 1. The minimum absolute atomic E-state index is 0.282. The Hall–Kier alpha value is -1.60. The van der Waals surface area contributed by atoms with Gasteiger partial charge in [-0.05, 0) is 42.0 Å². The number of nitrogens with zero attached hydrogens (tertiary/aromatic N) is 2. The molecule has 6 nitrogen and oxygen atoms in total. The molecular weight excluding hydrogens is 338 g/mol. The first-order chi connectivity index (χ1) is 10.1. The van der Waals surface area contributed by atoms with Gasteiger partial charge in [0.1, 0.15) is 16.0 Å². The van der Waals surface area contributed by atoms with E-state index in [4.69, 9.17) is 14.0 Å². The maximum atomic E-state index is 5.32. The van der Waals surface area contributed by atoms with Gasteiger partial charge in [-0.25, -0.2) is 0 Å². The highest BCUT2D eigenvalue weighted by Crippen LogP contribution is 2.38. The third kappa shape index (κ3) is 3.54. The molecule has 0 radical (unpaired) electrons. The van der Waals surface area contributed by atoms with Crippen LogP contribution in [0.15, 0.2) is 21.1 Å². The highest BCUT2D eigenvalue weighted by Gasteiger charge is 2.16. The summed E-state index contributed by atoms with van der Waals surface area (Å²) in [5.41, 5.74) is 0.753. The van der Waals surface area contributed by atoms with Crippen LogP contribution in [0.25, 0.3) is 11.5 Å². The van der Waals surface area contributed by atoms with Gasteiger partial charge < -0.3 is 19.3 Å². The van der Waals surface area contributed by atoms with Gasteiger partial charge in [0.15, 0.2) is 5.82 Å². The van der Waals surface area contributed by atoms with E-state index in [0.717, 1.165) is 10.0 Å². The summed E-state index contributed by atoms with van der Waals surface area (Å²) in [5, 5.41) is 7.13. The standard InChI is InChI=1S/C14H18BrN3O3/c1-8(16-2)5-12-17-14(21-18-12)9-6-10(19-3)13(15)11(7-9)20-4/h6-8,16H,5H2,1-4H3. The number of halogens is 1. The van der Waals surface area contributed by atoms with Gasteiger partial charge in [0.2, 0.25) is 0 Å². The minimum atomic E-state index is 0.282. The van der Waals surface area contributed by atoms with Crippen molar-refractivity contribution < 1.29 is 14.0 Å². The van der Waals surface area contributed by atoms with Crippen LogP contribution in [0.1, 0.15) is 12.7 Å². The number of likely N-dealkylation sites (N-methyl/N-ethyl adjacent to an activating group) is 1. The number of hydrogen-bond acceptors (Lipinski definition) is 6. The smallest absolute Gasteiger partial charge is 0.258 e. The lowest BCUT2D eigenvalue weighted by molar-refractivity contribution is 0.388. The van der Waals surface area contributed by atoms with Crippen molar-refractivity contribution in [2.24, 2.45) is 0 Å². The molecule has 0 spiro atoms. The third-order valence-electron chi connectivity index (χ3n) is 3.14. The van der Waals surface area contributed by atoms with Crippen LogP contribution in [0.5, 0.6) is 11.5 Å². The average Bonchev–Trinajstić information content (AvgIpc) is 2.95. The van der Waals surface area contributed by atoms with Crippen LogP contribution in [-0.4, -0.2) is 37.4 Å². The molecule has 1 aromatic heterocycles. The van der Waals surface area contributed by atoms with Crippen molar-refractivity contribution in [1.82, 2.24) is 15.5 Å². The first-order valence-corrected chi connectivity index (χ1v) is 7.30. The fourth-order valence-electron chi connectivity index (χ4n) is 1.82. The maximum absolute atomic E-state index is 5.32. The predicted molar refractivity (Wildman–Crippen MR) is 82.8 cm³/mol. The maximum Gasteiger partial charge on any atom is 0.258 e.